The van der Waals surface area contributed by atoms with Crippen LogP contribution in [0.1, 0.15) is 31.2 Å². The van der Waals surface area contributed by atoms with E-state index < -0.39 is 0 Å². The van der Waals surface area contributed by atoms with Crippen molar-refractivity contribution in [2.75, 3.05) is 0 Å². The Balaban J connectivity index is 1.96. The number of nitrogens with zero attached hydrogens (tertiary/aromatic N) is 1. The Bertz CT molecular complexity index is 327. The molecule has 2 unspecified atom stereocenters. The second-order valence-electron chi connectivity index (χ2n) is 4.34. The van der Waals surface area contributed by atoms with E-state index in [1.165, 1.54) is 5.56 Å². The van der Waals surface area contributed by atoms with Crippen molar-refractivity contribution in [3.8, 4) is 5.88 Å². The van der Waals surface area contributed by atoms with Gasteiger partial charge >= 0.3 is 0 Å². The quantitative estimate of drug-likeness (QED) is 0.805. The first-order valence-corrected chi connectivity index (χ1v) is 5.59. The van der Waals surface area contributed by atoms with Crippen molar-refractivity contribution in [3.05, 3.63) is 23.9 Å². The van der Waals surface area contributed by atoms with Gasteiger partial charge in [0.2, 0.25) is 5.88 Å². The van der Waals surface area contributed by atoms with Crippen LogP contribution in [0.25, 0.3) is 0 Å². The molecule has 1 fully saturated rings. The Hall–Kier alpha value is -1.09. The van der Waals surface area contributed by atoms with Crippen LogP contribution in [0.2, 0.25) is 0 Å². The Kier molecular flexibility index (Phi) is 3.21. The van der Waals surface area contributed by atoms with Gasteiger partial charge in [-0.2, -0.15) is 0 Å². The molecule has 2 atom stereocenters. The molecule has 1 saturated carbocycles. The predicted octanol–water partition coefficient (Wildman–Crippen LogP) is 2.04. The monoisotopic (exact) mass is 206 g/mol. The van der Waals surface area contributed by atoms with Crippen LogP contribution in [0.3, 0.4) is 0 Å². The lowest BCUT2D eigenvalue weighted by Gasteiger charge is -2.26. The summed E-state index contributed by atoms with van der Waals surface area (Å²) in [6.07, 6.45) is 6.38. The standard InChI is InChI=1S/C12H18N2O/c1-9-5-6-14-12(7-9)15-11-4-2-3-10(13)8-11/h5-7,10-11H,2-4,8,13H2,1H3. The Morgan fingerprint density at radius 2 is 2.33 bits per heavy atom. The lowest BCUT2D eigenvalue weighted by atomic mass is 9.94. The van der Waals surface area contributed by atoms with E-state index in [1.54, 1.807) is 6.20 Å². The number of hydrogen-bond donors (Lipinski definition) is 1. The zero-order chi connectivity index (χ0) is 10.7. The Morgan fingerprint density at radius 1 is 1.47 bits per heavy atom. The number of ether oxygens (including phenoxy) is 1. The van der Waals surface area contributed by atoms with Gasteiger partial charge in [-0.25, -0.2) is 4.98 Å². The summed E-state index contributed by atoms with van der Waals surface area (Å²) in [5.41, 5.74) is 7.09. The SMILES string of the molecule is Cc1ccnc(OC2CCCC(N)C2)c1. The number of hydrogen-bond acceptors (Lipinski definition) is 3. The summed E-state index contributed by atoms with van der Waals surface area (Å²) < 4.78 is 5.82. The molecule has 3 heteroatoms. The molecule has 0 saturated heterocycles. The highest BCUT2D eigenvalue weighted by molar-refractivity contribution is 5.18. The largest absolute Gasteiger partial charge is 0.474 e. The molecular formula is C12H18N2O. The zero-order valence-corrected chi connectivity index (χ0v) is 9.15. The maximum atomic E-state index is 5.91. The third-order valence-corrected chi connectivity index (χ3v) is 2.84. The van der Waals surface area contributed by atoms with E-state index in [2.05, 4.69) is 4.98 Å². The van der Waals surface area contributed by atoms with Gasteiger partial charge in [0.1, 0.15) is 6.10 Å². The molecule has 1 heterocycles. The van der Waals surface area contributed by atoms with Gasteiger partial charge in [0.25, 0.3) is 0 Å². The lowest BCUT2D eigenvalue weighted by molar-refractivity contribution is 0.138. The highest BCUT2D eigenvalue weighted by atomic mass is 16.5. The van der Waals surface area contributed by atoms with Crippen molar-refractivity contribution in [1.29, 1.82) is 0 Å². The first-order valence-electron chi connectivity index (χ1n) is 5.59. The van der Waals surface area contributed by atoms with E-state index in [0.29, 0.717) is 6.04 Å². The number of rotatable bonds is 2. The van der Waals surface area contributed by atoms with Gasteiger partial charge in [-0.15, -0.1) is 0 Å². The molecule has 1 aromatic heterocycles. The first kappa shape index (κ1) is 10.4. The van der Waals surface area contributed by atoms with Crippen molar-refractivity contribution >= 4 is 0 Å². The van der Waals surface area contributed by atoms with Crippen LogP contribution in [0.15, 0.2) is 18.3 Å². The van der Waals surface area contributed by atoms with Crippen LogP contribution in [0.4, 0.5) is 0 Å². The van der Waals surface area contributed by atoms with Gasteiger partial charge in [0.15, 0.2) is 0 Å². The highest BCUT2D eigenvalue weighted by Crippen LogP contribution is 2.21. The highest BCUT2D eigenvalue weighted by Gasteiger charge is 2.20. The van der Waals surface area contributed by atoms with E-state index in [9.17, 15) is 0 Å². The van der Waals surface area contributed by atoms with E-state index in [1.807, 2.05) is 19.1 Å². The summed E-state index contributed by atoms with van der Waals surface area (Å²) in [4.78, 5) is 4.20. The topological polar surface area (TPSA) is 48.1 Å². The molecule has 0 spiro atoms. The summed E-state index contributed by atoms with van der Waals surface area (Å²) in [5, 5.41) is 0. The normalized spacial score (nSPS) is 26.3. The third-order valence-electron chi connectivity index (χ3n) is 2.84. The van der Waals surface area contributed by atoms with Crippen LogP contribution in [-0.4, -0.2) is 17.1 Å². The van der Waals surface area contributed by atoms with Crippen molar-refractivity contribution in [2.45, 2.75) is 44.8 Å². The van der Waals surface area contributed by atoms with Crippen LogP contribution >= 0.6 is 0 Å². The molecule has 1 aliphatic rings. The van der Waals surface area contributed by atoms with Gasteiger partial charge in [0.05, 0.1) is 0 Å². The van der Waals surface area contributed by atoms with Crippen molar-refractivity contribution in [2.24, 2.45) is 5.73 Å². The third kappa shape index (κ3) is 2.93. The van der Waals surface area contributed by atoms with Crippen molar-refractivity contribution in [3.63, 3.8) is 0 Å². The molecule has 0 bridgehead atoms. The van der Waals surface area contributed by atoms with E-state index >= 15 is 0 Å². The summed E-state index contributed by atoms with van der Waals surface area (Å²) in [5.74, 6) is 0.731. The Labute approximate surface area is 90.7 Å². The molecule has 1 aromatic rings. The predicted molar refractivity (Wildman–Crippen MR) is 59.8 cm³/mol. The van der Waals surface area contributed by atoms with Gasteiger partial charge < -0.3 is 10.5 Å². The number of pyridine rings is 1. The average molecular weight is 206 g/mol. The van der Waals surface area contributed by atoms with Gasteiger partial charge in [-0.1, -0.05) is 0 Å². The van der Waals surface area contributed by atoms with E-state index in [4.69, 9.17) is 10.5 Å². The second-order valence-corrected chi connectivity index (χ2v) is 4.34. The van der Waals surface area contributed by atoms with Crippen molar-refractivity contribution in [1.82, 2.24) is 4.98 Å². The average Bonchev–Trinajstić information content (AvgIpc) is 2.17. The van der Waals surface area contributed by atoms with Crippen LogP contribution in [-0.2, 0) is 0 Å². The van der Waals surface area contributed by atoms with Gasteiger partial charge in [-0.3, -0.25) is 0 Å². The summed E-state index contributed by atoms with van der Waals surface area (Å²) in [6.45, 7) is 2.04. The van der Waals surface area contributed by atoms with Gasteiger partial charge in [0, 0.05) is 18.3 Å². The van der Waals surface area contributed by atoms with Gasteiger partial charge in [-0.05, 0) is 44.2 Å². The lowest BCUT2D eigenvalue weighted by Crippen LogP contribution is -2.33. The maximum Gasteiger partial charge on any atom is 0.213 e. The minimum atomic E-state index is 0.253. The molecule has 15 heavy (non-hydrogen) atoms. The van der Waals surface area contributed by atoms with E-state index in [-0.39, 0.29) is 6.10 Å². The first-order chi connectivity index (χ1) is 7.24. The van der Waals surface area contributed by atoms with Crippen LogP contribution in [0.5, 0.6) is 5.88 Å². The molecule has 2 rings (SSSR count). The molecule has 0 amide bonds. The van der Waals surface area contributed by atoms with Crippen LogP contribution < -0.4 is 10.5 Å². The van der Waals surface area contributed by atoms with Crippen LogP contribution in [0, 0.1) is 6.92 Å². The fourth-order valence-corrected chi connectivity index (χ4v) is 2.03. The molecule has 1 aliphatic carbocycles. The van der Waals surface area contributed by atoms with Crippen molar-refractivity contribution < 1.29 is 4.74 Å². The van der Waals surface area contributed by atoms with E-state index in [0.717, 1.165) is 31.6 Å². The summed E-state index contributed by atoms with van der Waals surface area (Å²) in [7, 11) is 0. The number of aromatic nitrogens is 1. The summed E-state index contributed by atoms with van der Waals surface area (Å²) >= 11 is 0. The second kappa shape index (κ2) is 4.62. The molecule has 0 aliphatic heterocycles. The fourth-order valence-electron chi connectivity index (χ4n) is 2.03. The molecule has 0 aromatic carbocycles. The summed E-state index contributed by atoms with van der Waals surface area (Å²) in [6, 6.07) is 4.24. The maximum absolute atomic E-state index is 5.91. The fraction of sp³-hybridized carbons (Fsp3) is 0.583. The molecule has 0 radical (unpaired) electrons. The smallest absolute Gasteiger partial charge is 0.213 e. The minimum absolute atomic E-state index is 0.253. The molecule has 2 N–H and O–H groups in total. The molecule has 3 nitrogen and oxygen atoms in total. The molecular weight excluding hydrogens is 188 g/mol. The minimum Gasteiger partial charge on any atom is -0.474 e. The number of aryl methyl sites for hydroxylation is 1. The molecule has 82 valence electrons. The zero-order valence-electron chi connectivity index (χ0n) is 9.15. The Morgan fingerprint density at radius 3 is 3.07 bits per heavy atom. The number of nitrogens with two attached hydrogens (primary N) is 1.